The second-order valence-electron chi connectivity index (χ2n) is 3.01. The highest BCUT2D eigenvalue weighted by atomic mass is 35.5. The highest BCUT2D eigenvalue weighted by Crippen LogP contribution is 2.20. The van der Waals surface area contributed by atoms with Gasteiger partial charge >= 0.3 is 5.69 Å². The molecule has 0 fully saturated rings. The highest BCUT2D eigenvalue weighted by Gasteiger charge is 2.16. The van der Waals surface area contributed by atoms with Crippen molar-refractivity contribution in [3.63, 3.8) is 0 Å². The molecule has 0 aliphatic heterocycles. The van der Waals surface area contributed by atoms with Gasteiger partial charge in [-0.3, -0.25) is 10.1 Å². The van der Waals surface area contributed by atoms with Gasteiger partial charge in [0.25, 0.3) is 0 Å². The number of halogens is 1. The first kappa shape index (κ1) is 11.8. The van der Waals surface area contributed by atoms with E-state index in [4.69, 9.17) is 11.6 Å². The molecule has 0 aliphatic rings. The zero-order valence-corrected chi connectivity index (χ0v) is 9.07. The Bertz CT molecular complexity index is 357. The molecular formula is C9H11ClN3O2. The van der Waals surface area contributed by atoms with Crippen molar-refractivity contribution in [2.75, 3.05) is 0 Å². The Balaban J connectivity index is 2.82. The molecule has 0 saturated heterocycles. The maximum absolute atomic E-state index is 10.6. The van der Waals surface area contributed by atoms with Crippen LogP contribution in [0, 0.1) is 16.5 Å². The summed E-state index contributed by atoms with van der Waals surface area (Å²) in [6.45, 7) is 2.05. The van der Waals surface area contributed by atoms with Gasteiger partial charge < -0.3 is 0 Å². The van der Waals surface area contributed by atoms with Crippen molar-refractivity contribution in [2.45, 2.75) is 26.2 Å². The van der Waals surface area contributed by atoms with Crippen LogP contribution in [-0.2, 0) is 0 Å². The molecule has 1 heterocycles. The lowest BCUT2D eigenvalue weighted by Gasteiger charge is -2.00. The molecule has 1 rings (SSSR count). The fourth-order valence-corrected chi connectivity index (χ4v) is 1.24. The predicted molar refractivity (Wildman–Crippen MR) is 56.6 cm³/mol. The van der Waals surface area contributed by atoms with Crippen LogP contribution < -0.4 is 0 Å². The van der Waals surface area contributed by atoms with E-state index in [-0.39, 0.29) is 11.0 Å². The van der Waals surface area contributed by atoms with E-state index in [1.165, 1.54) is 0 Å². The normalized spacial score (nSPS) is 10.3. The average molecular weight is 229 g/mol. The number of nitrogens with zero attached hydrogens (tertiary/aromatic N) is 3. The topological polar surface area (TPSA) is 68.9 Å². The number of rotatable bonds is 5. The average Bonchev–Trinajstić information content (AvgIpc) is 2.18. The molecular weight excluding hydrogens is 218 g/mol. The molecule has 0 atom stereocenters. The minimum absolute atomic E-state index is 0.0309. The van der Waals surface area contributed by atoms with Gasteiger partial charge in [-0.2, -0.15) is 0 Å². The van der Waals surface area contributed by atoms with E-state index < -0.39 is 4.92 Å². The SMILES string of the molecule is CCCC[CH]c1nc(Cl)ncc1[N+](=O)[O-]. The molecule has 6 heteroatoms. The van der Waals surface area contributed by atoms with Gasteiger partial charge in [0, 0.05) is 6.42 Å². The van der Waals surface area contributed by atoms with E-state index in [0.29, 0.717) is 5.69 Å². The summed E-state index contributed by atoms with van der Waals surface area (Å²) < 4.78 is 0. The molecule has 1 radical (unpaired) electrons. The molecule has 5 nitrogen and oxygen atoms in total. The molecule has 0 N–H and O–H groups in total. The maximum atomic E-state index is 10.6. The molecule has 0 aromatic carbocycles. The summed E-state index contributed by atoms with van der Waals surface area (Å²) in [5.41, 5.74) is 0.198. The van der Waals surface area contributed by atoms with Crippen LogP contribution in [0.25, 0.3) is 0 Å². The monoisotopic (exact) mass is 228 g/mol. The summed E-state index contributed by atoms with van der Waals surface area (Å²) in [5, 5.41) is 10.7. The van der Waals surface area contributed by atoms with Crippen LogP contribution in [0.2, 0.25) is 5.28 Å². The smallest absolute Gasteiger partial charge is 0.258 e. The van der Waals surface area contributed by atoms with E-state index in [0.717, 1.165) is 25.5 Å². The van der Waals surface area contributed by atoms with E-state index in [1.807, 2.05) is 0 Å². The molecule has 0 amide bonds. The zero-order chi connectivity index (χ0) is 11.3. The summed E-state index contributed by atoms with van der Waals surface area (Å²) in [6.07, 6.45) is 5.61. The van der Waals surface area contributed by atoms with E-state index in [2.05, 4.69) is 16.9 Å². The van der Waals surface area contributed by atoms with Gasteiger partial charge in [-0.15, -0.1) is 0 Å². The Morgan fingerprint density at radius 2 is 2.40 bits per heavy atom. The summed E-state index contributed by atoms with van der Waals surface area (Å²) >= 11 is 5.57. The van der Waals surface area contributed by atoms with Gasteiger partial charge in [0.2, 0.25) is 5.28 Å². The number of hydrogen-bond acceptors (Lipinski definition) is 4. The molecule has 0 saturated carbocycles. The van der Waals surface area contributed by atoms with Crippen molar-refractivity contribution in [1.82, 2.24) is 9.97 Å². The van der Waals surface area contributed by atoms with Crippen LogP contribution in [-0.4, -0.2) is 14.9 Å². The van der Waals surface area contributed by atoms with Crippen molar-refractivity contribution >= 4 is 17.3 Å². The Morgan fingerprint density at radius 1 is 1.67 bits per heavy atom. The summed E-state index contributed by atoms with van der Waals surface area (Å²) in [4.78, 5) is 17.5. The number of nitro groups is 1. The predicted octanol–water partition coefficient (Wildman–Crippen LogP) is 2.78. The van der Waals surface area contributed by atoms with Crippen molar-refractivity contribution < 1.29 is 4.92 Å². The molecule has 15 heavy (non-hydrogen) atoms. The first-order valence-electron chi connectivity index (χ1n) is 4.65. The van der Waals surface area contributed by atoms with Crippen molar-refractivity contribution in [3.8, 4) is 0 Å². The largest absolute Gasteiger partial charge is 0.309 e. The molecule has 0 unspecified atom stereocenters. The Hall–Kier alpha value is -1.23. The molecule has 1 aromatic rings. The lowest BCUT2D eigenvalue weighted by Crippen LogP contribution is -1.99. The van der Waals surface area contributed by atoms with Crippen LogP contribution >= 0.6 is 11.6 Å². The molecule has 0 bridgehead atoms. The van der Waals surface area contributed by atoms with E-state index >= 15 is 0 Å². The highest BCUT2D eigenvalue weighted by molar-refractivity contribution is 6.28. The Kier molecular flexibility index (Phi) is 4.42. The number of aromatic nitrogens is 2. The number of unbranched alkanes of at least 4 members (excludes halogenated alkanes) is 2. The lowest BCUT2D eigenvalue weighted by molar-refractivity contribution is -0.385. The van der Waals surface area contributed by atoms with Crippen LogP contribution in [0.4, 0.5) is 5.69 Å². The van der Waals surface area contributed by atoms with Gasteiger partial charge in [0.15, 0.2) is 0 Å². The Morgan fingerprint density at radius 3 is 3.00 bits per heavy atom. The summed E-state index contributed by atoms with van der Waals surface area (Å²) in [5.74, 6) is 0. The van der Waals surface area contributed by atoms with Gasteiger partial charge in [-0.05, 0) is 18.0 Å². The van der Waals surface area contributed by atoms with Crippen molar-refractivity contribution in [2.24, 2.45) is 0 Å². The van der Waals surface area contributed by atoms with Crippen LogP contribution in [0.5, 0.6) is 0 Å². The minimum Gasteiger partial charge on any atom is -0.258 e. The third-order valence-corrected chi connectivity index (χ3v) is 2.04. The van der Waals surface area contributed by atoms with Crippen LogP contribution in [0.3, 0.4) is 0 Å². The maximum Gasteiger partial charge on any atom is 0.309 e. The van der Waals surface area contributed by atoms with E-state index in [1.54, 1.807) is 6.42 Å². The quantitative estimate of drug-likeness (QED) is 0.336. The van der Waals surface area contributed by atoms with Crippen LogP contribution in [0.1, 0.15) is 31.9 Å². The molecule has 0 aliphatic carbocycles. The molecule has 0 spiro atoms. The summed E-state index contributed by atoms with van der Waals surface area (Å²) in [7, 11) is 0. The first-order valence-corrected chi connectivity index (χ1v) is 5.03. The van der Waals surface area contributed by atoms with Gasteiger partial charge in [0.1, 0.15) is 11.9 Å². The summed E-state index contributed by atoms with van der Waals surface area (Å²) in [6, 6.07) is 0. The third-order valence-electron chi connectivity index (χ3n) is 1.86. The number of hydrogen-bond donors (Lipinski definition) is 0. The van der Waals surface area contributed by atoms with E-state index in [9.17, 15) is 10.1 Å². The van der Waals surface area contributed by atoms with Gasteiger partial charge in [0.05, 0.1) is 4.92 Å². The molecule has 81 valence electrons. The van der Waals surface area contributed by atoms with Gasteiger partial charge in [-0.1, -0.05) is 19.8 Å². The second-order valence-corrected chi connectivity index (χ2v) is 3.35. The second kappa shape index (κ2) is 5.60. The minimum atomic E-state index is -0.506. The van der Waals surface area contributed by atoms with Gasteiger partial charge in [-0.25, -0.2) is 9.97 Å². The standard InChI is InChI=1S/C9H11ClN3O2/c1-2-3-4-5-7-8(13(14)15)6-11-9(10)12-7/h5-6H,2-4H2,1H3. The Labute approximate surface area is 92.7 Å². The fourth-order valence-electron chi connectivity index (χ4n) is 1.10. The van der Waals surface area contributed by atoms with Crippen molar-refractivity contribution in [3.05, 3.63) is 33.7 Å². The fraction of sp³-hybridized carbons (Fsp3) is 0.444. The third kappa shape index (κ3) is 3.43. The van der Waals surface area contributed by atoms with Crippen molar-refractivity contribution in [1.29, 1.82) is 0 Å². The lowest BCUT2D eigenvalue weighted by atomic mass is 10.1. The molecule has 1 aromatic heterocycles. The van der Waals surface area contributed by atoms with Crippen LogP contribution in [0.15, 0.2) is 6.20 Å². The first-order chi connectivity index (χ1) is 7.15. The zero-order valence-electron chi connectivity index (χ0n) is 8.31.